The molecule has 16 nitrogen and oxygen atoms in total. The number of fused-ring (bicyclic) bond motifs is 5. The van der Waals surface area contributed by atoms with Crippen molar-refractivity contribution < 1.29 is 34.1 Å². The molecule has 6 heterocycles. The minimum absolute atomic E-state index is 0.315. The van der Waals surface area contributed by atoms with Gasteiger partial charge in [-0.05, 0) is 67.1 Å². The minimum Gasteiger partial charge on any atom is -0.472 e. The number of hydrogen-bond acceptors (Lipinski definition) is 7. The van der Waals surface area contributed by atoms with E-state index < -0.39 is 24.3 Å². The maximum Gasteiger partial charge on any atom is 0.405 e. The van der Waals surface area contributed by atoms with Crippen LogP contribution in [0.2, 0.25) is 0 Å². The van der Waals surface area contributed by atoms with E-state index in [9.17, 15) is 29.4 Å². The quantitative estimate of drug-likeness (QED) is 0.0793. The third-order valence-electron chi connectivity index (χ3n) is 12.3. The Morgan fingerprint density at radius 2 is 1.19 bits per heavy atom. The second kappa shape index (κ2) is 16.2. The Morgan fingerprint density at radius 1 is 0.667 bits per heavy atom. The molecule has 2 fully saturated rings. The smallest absolute Gasteiger partial charge is 0.405 e. The molecular formula is C47H43N9O7. The number of carbonyl (C=O) groups excluding carboxylic acids is 2. The summed E-state index contributed by atoms with van der Waals surface area (Å²) in [7, 11) is 0. The first kappa shape index (κ1) is 39.3. The average molecular weight is 846 g/mol. The number of imidazole rings is 2. The molecule has 63 heavy (non-hydrogen) atoms. The Balaban J connectivity index is 0.864. The molecule has 0 spiro atoms. The highest BCUT2D eigenvalue weighted by atomic mass is 16.5. The first-order valence-electron chi connectivity index (χ1n) is 20.9. The topological polar surface area (TPSA) is 211 Å². The van der Waals surface area contributed by atoms with Gasteiger partial charge in [-0.2, -0.15) is 0 Å². The molecule has 3 aliphatic heterocycles. The maximum atomic E-state index is 13.8. The van der Waals surface area contributed by atoms with Crippen LogP contribution in [0, 0.1) is 0 Å². The van der Waals surface area contributed by atoms with Gasteiger partial charge in [0.2, 0.25) is 0 Å². The number of nitrogens with one attached hydrogen (secondary N) is 4. The van der Waals surface area contributed by atoms with Crippen LogP contribution in [0.3, 0.4) is 0 Å². The number of aromatic amines is 2. The van der Waals surface area contributed by atoms with Crippen molar-refractivity contribution in [3.05, 3.63) is 138 Å². The number of carbonyl (C=O) groups is 4. The lowest BCUT2D eigenvalue weighted by Crippen LogP contribution is -2.42. The van der Waals surface area contributed by atoms with Crippen molar-refractivity contribution in [3.8, 4) is 39.5 Å². The van der Waals surface area contributed by atoms with Gasteiger partial charge >= 0.3 is 12.2 Å². The molecule has 6 N–H and O–H groups in total. The molecule has 0 bridgehead atoms. The summed E-state index contributed by atoms with van der Waals surface area (Å²) in [5.41, 5.74) is 7.49. The van der Waals surface area contributed by atoms with Gasteiger partial charge < -0.3 is 49.9 Å². The Hall–Kier alpha value is -7.88. The third kappa shape index (κ3) is 7.38. The van der Waals surface area contributed by atoms with Crippen LogP contribution in [0.5, 0.6) is 5.75 Å². The van der Waals surface area contributed by atoms with Crippen LogP contribution in [0.4, 0.5) is 9.59 Å². The summed E-state index contributed by atoms with van der Waals surface area (Å²) in [5.74, 6) is 1.37. The largest absolute Gasteiger partial charge is 0.472 e. The molecule has 0 saturated carbocycles. The molecule has 0 unspecified atom stereocenters. The summed E-state index contributed by atoms with van der Waals surface area (Å²) in [6.07, 6.45) is 3.92. The van der Waals surface area contributed by atoms with E-state index in [1.165, 1.54) is 0 Å². The number of H-pyrrole nitrogens is 2. The Labute approximate surface area is 360 Å². The molecule has 7 aromatic rings. The van der Waals surface area contributed by atoms with Gasteiger partial charge in [0, 0.05) is 35.2 Å². The number of ether oxygens (including phenoxy) is 1. The van der Waals surface area contributed by atoms with E-state index in [1.807, 2.05) is 36.4 Å². The van der Waals surface area contributed by atoms with Crippen molar-refractivity contribution in [2.45, 2.75) is 56.6 Å². The number of likely N-dealkylation sites (tertiary alicyclic amines) is 2. The van der Waals surface area contributed by atoms with Crippen LogP contribution in [0.1, 0.15) is 72.6 Å². The van der Waals surface area contributed by atoms with Gasteiger partial charge in [-0.15, -0.1) is 0 Å². The summed E-state index contributed by atoms with van der Waals surface area (Å²) in [4.78, 5) is 70.8. The number of hydrogen-bond donors (Lipinski definition) is 6. The standard InChI is InChI=1S/C47H43N9O7/c57-44(40(52-46(59)60)27-9-3-1-4-10-27)54-19-7-13-36(54)42-48-24-33(50-42)29-16-18-35-31(21-29)22-38-32-17-15-30(23-39(32)63-26-56(35)38)34-25-49-43(51-34)37-14-8-20-55(37)45(58)41(53-47(61)62)28-11-5-2-6-12-28/h1-6,9-12,15-18,21-25,36-37,40-41,52-53H,7-8,13-14,19-20,26H2,(H,48,50)(H,49,51)(H,59,60)(H,61,62)/t36-,37-,40+,41+/m0/s1. The molecule has 4 amide bonds. The fourth-order valence-electron chi connectivity index (χ4n) is 9.34. The number of nitrogens with zero attached hydrogens (tertiary/aromatic N) is 5. The van der Waals surface area contributed by atoms with Gasteiger partial charge in [-0.1, -0.05) is 72.8 Å². The van der Waals surface area contributed by atoms with Gasteiger partial charge in [0.15, 0.2) is 6.73 Å². The van der Waals surface area contributed by atoms with Crippen LogP contribution in [-0.4, -0.2) is 81.6 Å². The minimum atomic E-state index is -1.27. The van der Waals surface area contributed by atoms with Crippen molar-refractivity contribution in [1.29, 1.82) is 0 Å². The highest BCUT2D eigenvalue weighted by Crippen LogP contribution is 2.42. The number of amides is 4. The van der Waals surface area contributed by atoms with Gasteiger partial charge in [0.25, 0.3) is 11.8 Å². The third-order valence-corrected chi connectivity index (χ3v) is 12.3. The Kier molecular flexibility index (Phi) is 10.1. The predicted molar refractivity (Wildman–Crippen MR) is 231 cm³/mol. The van der Waals surface area contributed by atoms with E-state index >= 15 is 0 Å². The summed E-state index contributed by atoms with van der Waals surface area (Å²) in [5, 5.41) is 24.9. The van der Waals surface area contributed by atoms with E-state index in [-0.39, 0.29) is 23.9 Å². The Morgan fingerprint density at radius 3 is 1.73 bits per heavy atom. The van der Waals surface area contributed by atoms with Crippen LogP contribution in [0.25, 0.3) is 44.7 Å². The second-order valence-electron chi connectivity index (χ2n) is 16.0. The molecule has 0 radical (unpaired) electrons. The molecule has 16 heteroatoms. The molecule has 3 aromatic heterocycles. The molecule has 4 atom stereocenters. The molecular weight excluding hydrogens is 803 g/mol. The summed E-state index contributed by atoms with van der Waals surface area (Å²) >= 11 is 0. The van der Waals surface area contributed by atoms with Crippen LogP contribution in [0.15, 0.2) is 116 Å². The van der Waals surface area contributed by atoms with E-state index in [4.69, 9.17) is 14.7 Å². The first-order chi connectivity index (χ1) is 30.7. The van der Waals surface area contributed by atoms with Gasteiger partial charge in [-0.3, -0.25) is 9.59 Å². The monoisotopic (exact) mass is 845 g/mol. The molecule has 2 saturated heterocycles. The Bertz CT molecular complexity index is 2870. The highest BCUT2D eigenvalue weighted by molar-refractivity contribution is 5.92. The lowest BCUT2D eigenvalue weighted by atomic mass is 10.0. The predicted octanol–water partition coefficient (Wildman–Crippen LogP) is 7.78. The number of benzene rings is 4. The first-order valence-corrected chi connectivity index (χ1v) is 20.9. The summed E-state index contributed by atoms with van der Waals surface area (Å²) in [6.45, 7) is 1.30. The molecule has 3 aliphatic rings. The van der Waals surface area contributed by atoms with E-state index in [1.54, 1.807) is 70.7 Å². The molecule has 0 aliphatic carbocycles. The lowest BCUT2D eigenvalue weighted by Gasteiger charge is -2.28. The lowest BCUT2D eigenvalue weighted by molar-refractivity contribution is -0.135. The second-order valence-corrected chi connectivity index (χ2v) is 16.0. The van der Waals surface area contributed by atoms with Gasteiger partial charge in [0.1, 0.15) is 29.5 Å². The fraction of sp³-hybridized carbons (Fsp3) is 0.234. The SMILES string of the molecule is O=C(O)N[C@@H](C(=O)N1CCC[C@H]1c1ncc(-c2ccc3c(c2)OCn2c-3cc3cc(-c4cnc([C@@H]5CCCN5C(=O)[C@H](NC(=O)O)c5ccccc5)[nH]4)ccc32)[nH]1)c1ccccc1. The summed E-state index contributed by atoms with van der Waals surface area (Å²) < 4.78 is 8.48. The molecule has 10 rings (SSSR count). The van der Waals surface area contributed by atoms with Crippen LogP contribution in [-0.2, 0) is 16.3 Å². The van der Waals surface area contributed by atoms with E-state index in [2.05, 4.69) is 43.4 Å². The molecule has 4 aromatic carbocycles. The van der Waals surface area contributed by atoms with E-state index in [0.29, 0.717) is 55.4 Å². The van der Waals surface area contributed by atoms with Crippen molar-refractivity contribution in [2.75, 3.05) is 13.1 Å². The number of carboxylic acid groups (broad SMARTS) is 2. The van der Waals surface area contributed by atoms with Crippen molar-refractivity contribution in [3.63, 3.8) is 0 Å². The zero-order valence-corrected chi connectivity index (χ0v) is 33.9. The van der Waals surface area contributed by atoms with Gasteiger partial charge in [-0.25, -0.2) is 19.6 Å². The van der Waals surface area contributed by atoms with Crippen molar-refractivity contribution in [2.24, 2.45) is 0 Å². The van der Waals surface area contributed by atoms with Crippen molar-refractivity contribution >= 4 is 34.9 Å². The average Bonchev–Trinajstić information content (AvgIpc) is 4.16. The normalized spacial score (nSPS) is 17.7. The zero-order valence-electron chi connectivity index (χ0n) is 33.9. The summed E-state index contributed by atoms with van der Waals surface area (Å²) in [6, 6.07) is 29.4. The zero-order chi connectivity index (χ0) is 43.2. The van der Waals surface area contributed by atoms with Crippen molar-refractivity contribution in [1.82, 2.24) is 44.9 Å². The highest BCUT2D eigenvalue weighted by Gasteiger charge is 2.38. The number of aromatic nitrogens is 5. The van der Waals surface area contributed by atoms with Crippen LogP contribution >= 0.6 is 0 Å². The van der Waals surface area contributed by atoms with E-state index in [0.717, 1.165) is 63.3 Å². The van der Waals surface area contributed by atoms with Gasteiger partial charge in [0.05, 0.1) is 47.1 Å². The van der Waals surface area contributed by atoms with Crippen LogP contribution < -0.4 is 15.4 Å². The molecule has 318 valence electrons. The fourth-order valence-corrected chi connectivity index (χ4v) is 9.34. The number of rotatable bonds is 10. The maximum absolute atomic E-state index is 13.8.